The summed E-state index contributed by atoms with van der Waals surface area (Å²) in [6.07, 6.45) is 7.22. The van der Waals surface area contributed by atoms with Crippen LogP contribution in [-0.2, 0) is 10.0 Å². The van der Waals surface area contributed by atoms with Crippen molar-refractivity contribution in [3.63, 3.8) is 0 Å². The van der Waals surface area contributed by atoms with Crippen LogP contribution < -0.4 is 9.46 Å². The lowest BCUT2D eigenvalue weighted by Gasteiger charge is -2.33. The molecule has 1 saturated carbocycles. The van der Waals surface area contributed by atoms with Gasteiger partial charge in [-0.1, -0.05) is 12.5 Å². The summed E-state index contributed by atoms with van der Waals surface area (Å²) in [4.78, 5) is 10.9. The van der Waals surface area contributed by atoms with Crippen LogP contribution in [0.3, 0.4) is 0 Å². The summed E-state index contributed by atoms with van der Waals surface area (Å²) in [7, 11) is -4.39. The van der Waals surface area contributed by atoms with Gasteiger partial charge in [-0.15, -0.1) is 0 Å². The van der Waals surface area contributed by atoms with E-state index in [1.54, 1.807) is 6.20 Å². The van der Waals surface area contributed by atoms with Gasteiger partial charge in [-0.2, -0.15) is 0 Å². The molecule has 2 aromatic heterocycles. The highest BCUT2D eigenvalue weighted by molar-refractivity contribution is 7.92. The Balaban J connectivity index is 1.60. The van der Waals surface area contributed by atoms with Gasteiger partial charge >= 0.3 is 0 Å². The number of nitrogens with one attached hydrogen (secondary N) is 1. The maximum Gasteiger partial charge on any atom is 0.266 e. The number of benzene rings is 1. The molecule has 168 valence electrons. The third-order valence-electron chi connectivity index (χ3n) is 5.52. The first-order chi connectivity index (χ1) is 15.3. The van der Waals surface area contributed by atoms with Gasteiger partial charge in [-0.05, 0) is 43.9 Å². The molecule has 1 fully saturated rings. The van der Waals surface area contributed by atoms with Crippen LogP contribution in [0.15, 0.2) is 53.9 Å². The average Bonchev–Trinajstić information content (AvgIpc) is 2.77. The fourth-order valence-electron chi connectivity index (χ4n) is 4.00. The second-order valence-corrected chi connectivity index (χ2v) is 9.29. The molecular weight excluding hydrogens is 438 g/mol. The number of aromatic nitrogens is 3. The maximum atomic E-state index is 14.8. The van der Waals surface area contributed by atoms with Crippen LogP contribution in [0.5, 0.6) is 5.75 Å². The Morgan fingerprint density at radius 1 is 1.06 bits per heavy atom. The van der Waals surface area contributed by atoms with Crippen LogP contribution >= 0.6 is 0 Å². The molecule has 0 saturated heterocycles. The highest BCUT2D eigenvalue weighted by atomic mass is 32.2. The summed E-state index contributed by atoms with van der Waals surface area (Å²) in [5.41, 5.74) is 1.89. The first-order valence-corrected chi connectivity index (χ1v) is 11.7. The third-order valence-corrected chi connectivity index (χ3v) is 6.89. The van der Waals surface area contributed by atoms with Crippen molar-refractivity contribution >= 4 is 15.8 Å². The van der Waals surface area contributed by atoms with Crippen molar-refractivity contribution in [1.82, 2.24) is 15.0 Å². The largest absolute Gasteiger partial charge is 0.487 e. The molecule has 1 aliphatic carbocycles. The number of halogens is 2. The van der Waals surface area contributed by atoms with Gasteiger partial charge in [0.15, 0.2) is 11.6 Å². The van der Waals surface area contributed by atoms with E-state index in [1.165, 1.54) is 12.3 Å². The summed E-state index contributed by atoms with van der Waals surface area (Å²) in [6, 6.07) is 6.53. The van der Waals surface area contributed by atoms with Crippen LogP contribution in [0.4, 0.5) is 14.6 Å². The lowest BCUT2D eigenvalue weighted by atomic mass is 9.81. The van der Waals surface area contributed by atoms with Gasteiger partial charge in [0, 0.05) is 36.1 Å². The lowest BCUT2D eigenvalue weighted by molar-refractivity contribution is 0.123. The second-order valence-electron chi connectivity index (χ2n) is 7.64. The number of ether oxygens (including phenoxy) is 1. The molecule has 1 aromatic carbocycles. The minimum Gasteiger partial charge on any atom is -0.487 e. The SMILES string of the molecule is Cc1ncccc1[C@H]1CCCC[C@@H]1Oc1cc(F)c(S(=O)(=O)Nc2ccncn2)cc1F. The van der Waals surface area contributed by atoms with E-state index in [4.69, 9.17) is 4.74 Å². The normalized spacial score (nSPS) is 18.8. The number of pyridine rings is 1. The summed E-state index contributed by atoms with van der Waals surface area (Å²) in [6.45, 7) is 1.91. The quantitative estimate of drug-likeness (QED) is 0.587. The highest BCUT2D eigenvalue weighted by Crippen LogP contribution is 2.38. The molecule has 0 amide bonds. The van der Waals surface area contributed by atoms with Gasteiger partial charge in [0.2, 0.25) is 0 Å². The van der Waals surface area contributed by atoms with Gasteiger partial charge in [0.1, 0.15) is 29.0 Å². The molecule has 2 atom stereocenters. The summed E-state index contributed by atoms with van der Waals surface area (Å²) in [5.74, 6) is -2.46. The molecule has 32 heavy (non-hydrogen) atoms. The molecule has 0 spiro atoms. The molecule has 0 radical (unpaired) electrons. The minimum absolute atomic E-state index is 0.0113. The van der Waals surface area contributed by atoms with Crippen LogP contribution in [0.2, 0.25) is 0 Å². The van der Waals surface area contributed by atoms with Crippen molar-refractivity contribution in [2.45, 2.75) is 49.5 Å². The predicted octanol–water partition coefficient (Wildman–Crippen LogP) is 4.36. The highest BCUT2D eigenvalue weighted by Gasteiger charge is 2.31. The minimum atomic E-state index is -4.39. The Labute approximate surface area is 185 Å². The van der Waals surface area contributed by atoms with Crippen molar-refractivity contribution < 1.29 is 21.9 Å². The molecule has 0 unspecified atom stereocenters. The van der Waals surface area contributed by atoms with Crippen LogP contribution in [0.1, 0.15) is 42.9 Å². The summed E-state index contributed by atoms with van der Waals surface area (Å²) < 4.78 is 62.6. The molecule has 10 heteroatoms. The fourth-order valence-corrected chi connectivity index (χ4v) is 5.08. The van der Waals surface area contributed by atoms with E-state index in [-0.39, 0.29) is 23.6 Å². The number of rotatable bonds is 6. The molecule has 3 aromatic rings. The number of sulfonamides is 1. The number of hydrogen-bond donors (Lipinski definition) is 1. The fraction of sp³-hybridized carbons (Fsp3) is 0.318. The molecule has 0 aliphatic heterocycles. The summed E-state index contributed by atoms with van der Waals surface area (Å²) >= 11 is 0. The predicted molar refractivity (Wildman–Crippen MR) is 114 cm³/mol. The number of aryl methyl sites for hydroxylation is 1. The van der Waals surface area contributed by atoms with Crippen LogP contribution in [0, 0.1) is 18.6 Å². The monoisotopic (exact) mass is 460 g/mol. The van der Waals surface area contributed by atoms with Crippen LogP contribution in [-0.4, -0.2) is 29.5 Å². The van der Waals surface area contributed by atoms with E-state index in [2.05, 4.69) is 19.7 Å². The number of nitrogens with zero attached hydrogens (tertiary/aromatic N) is 3. The first-order valence-electron chi connectivity index (χ1n) is 10.2. The molecule has 7 nitrogen and oxygen atoms in total. The van der Waals surface area contributed by atoms with Crippen LogP contribution in [0.25, 0.3) is 0 Å². The Morgan fingerprint density at radius 2 is 1.88 bits per heavy atom. The van der Waals surface area contributed by atoms with Crippen molar-refractivity contribution in [2.75, 3.05) is 4.72 Å². The molecular formula is C22H22F2N4O3S. The van der Waals surface area contributed by atoms with E-state index < -0.39 is 26.6 Å². The number of hydrogen-bond acceptors (Lipinski definition) is 6. The Bertz CT molecular complexity index is 1210. The van der Waals surface area contributed by atoms with Crippen molar-refractivity contribution in [1.29, 1.82) is 0 Å². The van der Waals surface area contributed by atoms with E-state index in [9.17, 15) is 17.2 Å². The molecule has 4 rings (SSSR count). The first kappa shape index (κ1) is 22.1. The standard InChI is InChI=1S/C22H22F2N4O3S/c1-14-15(6-4-9-26-14)16-5-2-3-7-19(16)31-20-11-18(24)21(12-17(20)23)32(29,30)28-22-8-10-25-13-27-22/h4,6,8-13,16,19H,2-3,5,7H2,1H3,(H,25,27,28)/t16-,19+/m1/s1. The van der Waals surface area contributed by atoms with Crippen molar-refractivity contribution in [2.24, 2.45) is 0 Å². The second kappa shape index (κ2) is 9.15. The zero-order valence-electron chi connectivity index (χ0n) is 17.3. The van der Waals surface area contributed by atoms with E-state index in [0.29, 0.717) is 12.5 Å². The molecule has 0 bridgehead atoms. The maximum absolute atomic E-state index is 14.8. The van der Waals surface area contributed by atoms with Gasteiger partial charge in [0.25, 0.3) is 10.0 Å². The Hall–Kier alpha value is -3.14. The third kappa shape index (κ3) is 4.69. The Kier molecular flexibility index (Phi) is 6.31. The zero-order chi connectivity index (χ0) is 22.7. The molecule has 1 aliphatic rings. The molecule has 2 heterocycles. The van der Waals surface area contributed by atoms with Gasteiger partial charge in [-0.25, -0.2) is 27.2 Å². The molecule has 1 N–H and O–H groups in total. The number of anilines is 1. The Morgan fingerprint density at radius 3 is 2.62 bits per heavy atom. The van der Waals surface area contributed by atoms with E-state index in [0.717, 1.165) is 42.9 Å². The van der Waals surface area contributed by atoms with Crippen molar-refractivity contribution in [3.8, 4) is 5.75 Å². The topological polar surface area (TPSA) is 94.1 Å². The van der Waals surface area contributed by atoms with Gasteiger partial charge in [0.05, 0.1) is 0 Å². The average molecular weight is 461 g/mol. The smallest absolute Gasteiger partial charge is 0.266 e. The van der Waals surface area contributed by atoms with Gasteiger partial charge < -0.3 is 4.74 Å². The van der Waals surface area contributed by atoms with E-state index >= 15 is 0 Å². The van der Waals surface area contributed by atoms with Gasteiger partial charge in [-0.3, -0.25) is 9.71 Å². The van der Waals surface area contributed by atoms with E-state index in [1.807, 2.05) is 19.1 Å². The lowest BCUT2D eigenvalue weighted by Crippen LogP contribution is -2.30. The summed E-state index contributed by atoms with van der Waals surface area (Å²) in [5, 5.41) is 0. The van der Waals surface area contributed by atoms with Crippen molar-refractivity contribution in [3.05, 3.63) is 71.9 Å². The zero-order valence-corrected chi connectivity index (χ0v) is 18.1.